The number of aromatic nitrogens is 5. The maximum Gasteiger partial charge on any atom is 0.152 e. The normalized spacial score (nSPS) is 15.4. The molecule has 1 aliphatic heterocycles. The molecule has 1 aliphatic rings. The molecule has 0 saturated heterocycles. The van der Waals surface area contributed by atoms with Gasteiger partial charge < -0.3 is 10.6 Å². The Labute approximate surface area is 192 Å². The van der Waals surface area contributed by atoms with E-state index in [0.29, 0.717) is 10.8 Å². The molecule has 30 heavy (non-hydrogen) atoms. The molecule has 9 heteroatoms. The quantitative estimate of drug-likeness (QED) is 0.294. The van der Waals surface area contributed by atoms with Crippen LogP contribution in [0.4, 0.5) is 17.2 Å². The van der Waals surface area contributed by atoms with Crippen molar-refractivity contribution in [2.45, 2.75) is 10.8 Å². The number of halogens is 2. The van der Waals surface area contributed by atoms with Crippen molar-refractivity contribution in [1.82, 2.24) is 24.7 Å². The molecule has 150 valence electrons. The molecule has 0 aliphatic carbocycles. The molecule has 0 amide bonds. The highest BCUT2D eigenvalue weighted by atomic mass is 127. The fourth-order valence-electron chi connectivity index (χ4n) is 3.66. The summed E-state index contributed by atoms with van der Waals surface area (Å²) in [6.07, 6.45) is 3.26. The molecule has 0 radical (unpaired) electrons. The van der Waals surface area contributed by atoms with Gasteiger partial charge in [-0.05, 0) is 43.3 Å². The second kappa shape index (κ2) is 7.51. The molecular weight excluding hydrogens is 513 g/mol. The minimum Gasteiger partial charge on any atom is -0.382 e. The lowest BCUT2D eigenvalue weighted by molar-refractivity contribution is 0.842. The van der Waals surface area contributed by atoms with E-state index in [-0.39, 0.29) is 3.92 Å². The highest BCUT2D eigenvalue weighted by Gasteiger charge is 2.29. The zero-order chi connectivity index (χ0) is 20.8. The van der Waals surface area contributed by atoms with Crippen molar-refractivity contribution in [2.75, 3.05) is 17.2 Å². The van der Waals surface area contributed by atoms with Crippen LogP contribution >= 0.6 is 34.2 Å². The second-order valence-corrected chi connectivity index (χ2v) is 8.97. The summed E-state index contributed by atoms with van der Waals surface area (Å²) in [5, 5.41) is 9.48. The maximum atomic E-state index is 6.14. The number of aryl methyl sites for hydroxylation is 1. The van der Waals surface area contributed by atoms with Crippen molar-refractivity contribution in [3.63, 3.8) is 0 Å². The van der Waals surface area contributed by atoms with E-state index in [2.05, 4.69) is 64.4 Å². The molecule has 7 nitrogen and oxygen atoms in total. The van der Waals surface area contributed by atoms with E-state index in [1.54, 1.807) is 12.4 Å². The largest absolute Gasteiger partial charge is 0.382 e. The van der Waals surface area contributed by atoms with Crippen LogP contribution in [0.1, 0.15) is 15.6 Å². The number of anilines is 3. The highest BCUT2D eigenvalue weighted by molar-refractivity contribution is 14.1. The molecule has 0 saturated carbocycles. The summed E-state index contributed by atoms with van der Waals surface area (Å²) in [6.45, 7) is 2.71. The first-order valence-electron chi connectivity index (χ1n) is 9.32. The Morgan fingerprint density at radius 2 is 1.83 bits per heavy atom. The van der Waals surface area contributed by atoms with Gasteiger partial charge in [-0.3, -0.25) is 9.55 Å². The number of nitrogens with zero attached hydrogens (tertiary/aromatic N) is 6. The van der Waals surface area contributed by atoms with Crippen molar-refractivity contribution in [3.8, 4) is 16.9 Å². The smallest absolute Gasteiger partial charge is 0.152 e. The van der Waals surface area contributed by atoms with E-state index in [9.17, 15) is 0 Å². The van der Waals surface area contributed by atoms with Gasteiger partial charge in [0.05, 0.1) is 33.4 Å². The zero-order valence-corrected chi connectivity index (χ0v) is 18.9. The predicted octanol–water partition coefficient (Wildman–Crippen LogP) is 4.90. The van der Waals surface area contributed by atoms with Crippen molar-refractivity contribution in [2.24, 2.45) is 0 Å². The number of nitrogens with two attached hydrogens (primary N) is 1. The van der Waals surface area contributed by atoms with Gasteiger partial charge in [-0.15, -0.1) is 10.2 Å². The molecule has 0 bridgehead atoms. The van der Waals surface area contributed by atoms with E-state index >= 15 is 0 Å². The summed E-state index contributed by atoms with van der Waals surface area (Å²) >= 11 is 8.57. The van der Waals surface area contributed by atoms with Gasteiger partial charge in [-0.1, -0.05) is 40.3 Å². The summed E-state index contributed by atoms with van der Waals surface area (Å²) in [5.74, 6) is 2.19. The van der Waals surface area contributed by atoms with Crippen molar-refractivity contribution in [3.05, 3.63) is 71.5 Å². The number of hydrogen-bond acceptors (Lipinski definition) is 6. The van der Waals surface area contributed by atoms with E-state index in [1.807, 2.05) is 37.3 Å². The minimum absolute atomic E-state index is 0.145. The Balaban J connectivity index is 1.73. The number of hydrogen-bond donors (Lipinski definition) is 1. The van der Waals surface area contributed by atoms with Gasteiger partial charge in [0.25, 0.3) is 0 Å². The van der Waals surface area contributed by atoms with E-state index < -0.39 is 0 Å². The van der Waals surface area contributed by atoms with Crippen molar-refractivity contribution < 1.29 is 0 Å². The highest BCUT2D eigenvalue weighted by Crippen LogP contribution is 2.41. The van der Waals surface area contributed by atoms with Crippen LogP contribution in [0.25, 0.3) is 16.9 Å². The molecule has 2 aromatic heterocycles. The Hall–Kier alpha value is -2.72. The van der Waals surface area contributed by atoms with Gasteiger partial charge in [-0.25, -0.2) is 4.98 Å². The Kier molecular flexibility index (Phi) is 4.82. The average Bonchev–Trinajstić information content (AvgIpc) is 3.08. The molecule has 4 aromatic rings. The fourth-order valence-corrected chi connectivity index (χ4v) is 4.58. The summed E-state index contributed by atoms with van der Waals surface area (Å²) in [6, 6.07) is 14.1. The zero-order valence-electron chi connectivity index (χ0n) is 16.0. The fraction of sp³-hybridized carbons (Fsp3) is 0.143. The third-order valence-corrected chi connectivity index (χ3v) is 6.29. The Morgan fingerprint density at radius 1 is 1.03 bits per heavy atom. The lowest BCUT2D eigenvalue weighted by atomic mass is 10.1. The van der Waals surface area contributed by atoms with Crippen LogP contribution in [0.5, 0.6) is 0 Å². The van der Waals surface area contributed by atoms with Crippen LogP contribution in [0.15, 0.2) is 54.9 Å². The molecule has 3 heterocycles. The van der Waals surface area contributed by atoms with Crippen LogP contribution < -0.4 is 10.6 Å². The van der Waals surface area contributed by atoms with Crippen LogP contribution in [0, 0.1) is 6.92 Å². The number of fused-ring (bicyclic) bond motifs is 3. The van der Waals surface area contributed by atoms with E-state index in [1.165, 1.54) is 0 Å². The third-order valence-electron chi connectivity index (χ3n) is 5.09. The molecule has 1 atom stereocenters. The minimum atomic E-state index is 0.145. The van der Waals surface area contributed by atoms with Gasteiger partial charge in [0, 0.05) is 22.8 Å². The van der Waals surface area contributed by atoms with Gasteiger partial charge >= 0.3 is 0 Å². The topological polar surface area (TPSA) is 85.8 Å². The van der Waals surface area contributed by atoms with E-state index in [0.717, 1.165) is 46.5 Å². The number of alkyl halides is 1. The SMILES string of the molecule is Cc1nnc2n1-c1ccc(-c3cnc(N)cn3)cc1N(c1ccc(Cl)cc1)C[C@H]2I. The van der Waals surface area contributed by atoms with Crippen LogP contribution in [-0.4, -0.2) is 31.3 Å². The second-order valence-electron chi connectivity index (χ2n) is 7.03. The average molecular weight is 530 g/mol. The van der Waals surface area contributed by atoms with Gasteiger partial charge in [-0.2, -0.15) is 0 Å². The van der Waals surface area contributed by atoms with Gasteiger partial charge in [0.2, 0.25) is 0 Å². The van der Waals surface area contributed by atoms with Crippen molar-refractivity contribution >= 4 is 51.4 Å². The number of benzene rings is 2. The first kappa shape index (κ1) is 19.3. The van der Waals surface area contributed by atoms with Crippen LogP contribution in [-0.2, 0) is 0 Å². The Bertz CT molecular complexity index is 1220. The first-order chi connectivity index (χ1) is 14.5. The molecule has 0 fully saturated rings. The summed E-state index contributed by atoms with van der Waals surface area (Å²) < 4.78 is 2.27. The van der Waals surface area contributed by atoms with Crippen molar-refractivity contribution in [1.29, 1.82) is 0 Å². The summed E-state index contributed by atoms with van der Waals surface area (Å²) in [5.41, 5.74) is 10.5. The van der Waals surface area contributed by atoms with E-state index in [4.69, 9.17) is 17.3 Å². The number of rotatable bonds is 2. The van der Waals surface area contributed by atoms with Gasteiger partial charge in [0.1, 0.15) is 11.6 Å². The molecule has 0 spiro atoms. The molecular formula is C21H17ClIN7. The maximum absolute atomic E-state index is 6.14. The molecule has 5 rings (SSSR count). The Morgan fingerprint density at radius 3 is 2.57 bits per heavy atom. The summed E-state index contributed by atoms with van der Waals surface area (Å²) in [4.78, 5) is 10.9. The molecule has 2 N–H and O–H groups in total. The number of nitrogen functional groups attached to an aromatic ring is 1. The lowest BCUT2D eigenvalue weighted by Gasteiger charge is -2.26. The predicted molar refractivity (Wildman–Crippen MR) is 127 cm³/mol. The lowest BCUT2D eigenvalue weighted by Crippen LogP contribution is -2.20. The van der Waals surface area contributed by atoms with Gasteiger partial charge in [0.15, 0.2) is 5.82 Å². The summed E-state index contributed by atoms with van der Waals surface area (Å²) in [7, 11) is 0. The first-order valence-corrected chi connectivity index (χ1v) is 10.9. The molecule has 2 aromatic carbocycles. The van der Waals surface area contributed by atoms with Crippen LogP contribution in [0.3, 0.4) is 0 Å². The third kappa shape index (κ3) is 3.29. The monoisotopic (exact) mass is 529 g/mol. The van der Waals surface area contributed by atoms with Crippen LogP contribution in [0.2, 0.25) is 5.02 Å². The molecule has 0 unspecified atom stereocenters. The standard InChI is InChI=1S/C21H17ClIN7/c1-12-27-28-21-16(23)11-29(15-5-3-14(22)4-6-15)19-8-13(2-7-18(19)30(12)21)17-9-26-20(24)10-25-17/h2-10,16H,11H2,1H3,(H2,24,26)/t16-/m1/s1.